The number of carboxylic acid groups (broad SMARTS) is 1. The van der Waals surface area contributed by atoms with Gasteiger partial charge in [-0.1, -0.05) is 0 Å². The Hall–Kier alpha value is -2.18. The summed E-state index contributed by atoms with van der Waals surface area (Å²) in [5, 5.41) is 16.0. The average molecular weight is 179 g/mol. The predicted octanol–water partition coefficient (Wildman–Crippen LogP) is -0.595. The van der Waals surface area contributed by atoms with Crippen LogP contribution in [0.4, 0.5) is 5.82 Å². The number of rotatable bonds is 1. The maximum absolute atomic E-state index is 10.5. The average Bonchev–Trinajstić information content (AvgIpc) is 2.49. The molecule has 7 nitrogen and oxygen atoms in total. The third-order valence-electron chi connectivity index (χ3n) is 1.53. The van der Waals surface area contributed by atoms with Crippen molar-refractivity contribution in [3.8, 4) is 0 Å². The lowest BCUT2D eigenvalue weighted by Crippen LogP contribution is -2.01. The number of anilines is 1. The van der Waals surface area contributed by atoms with Crippen LogP contribution in [0.3, 0.4) is 0 Å². The van der Waals surface area contributed by atoms with Crippen LogP contribution >= 0.6 is 0 Å². The third-order valence-corrected chi connectivity index (χ3v) is 1.53. The molecule has 0 aliphatic carbocycles. The second-order valence-electron chi connectivity index (χ2n) is 2.35. The van der Waals surface area contributed by atoms with E-state index in [4.69, 9.17) is 10.8 Å². The molecule has 0 saturated carbocycles. The molecule has 0 amide bonds. The predicted molar refractivity (Wildman–Crippen MR) is 42.2 cm³/mol. The molecule has 3 N–H and O–H groups in total. The van der Waals surface area contributed by atoms with Gasteiger partial charge in [0.2, 0.25) is 0 Å². The minimum atomic E-state index is -1.12. The summed E-state index contributed by atoms with van der Waals surface area (Å²) in [7, 11) is 0. The zero-order chi connectivity index (χ0) is 9.42. The lowest BCUT2D eigenvalue weighted by Gasteiger charge is -1.91. The van der Waals surface area contributed by atoms with Crippen LogP contribution in [-0.4, -0.2) is 30.9 Å². The summed E-state index contributed by atoms with van der Waals surface area (Å²) in [6, 6.07) is 1.32. The molecule has 2 heterocycles. The highest BCUT2D eigenvalue weighted by atomic mass is 16.4. The van der Waals surface area contributed by atoms with E-state index in [1.165, 1.54) is 12.4 Å². The SMILES string of the molecule is Nc1ncnn2nc(C(=O)O)cc12. The van der Waals surface area contributed by atoms with Crippen molar-refractivity contribution in [2.24, 2.45) is 0 Å². The standard InChI is InChI=1S/C6H5N5O2/c7-5-4-1-3(6(12)13)10-11(4)9-2-8-5/h1-2H,(H,12,13)(H2,7,8,9). The summed E-state index contributed by atoms with van der Waals surface area (Å²) in [5.41, 5.74) is 5.75. The smallest absolute Gasteiger partial charge is 0.356 e. The summed E-state index contributed by atoms with van der Waals surface area (Å²) >= 11 is 0. The summed E-state index contributed by atoms with van der Waals surface area (Å²) in [6.07, 6.45) is 1.21. The Morgan fingerprint density at radius 2 is 2.38 bits per heavy atom. The number of hydrogen-bond acceptors (Lipinski definition) is 5. The van der Waals surface area contributed by atoms with E-state index >= 15 is 0 Å². The summed E-state index contributed by atoms with van der Waals surface area (Å²) in [6.45, 7) is 0. The van der Waals surface area contributed by atoms with Crippen LogP contribution in [0.5, 0.6) is 0 Å². The van der Waals surface area contributed by atoms with Gasteiger partial charge in [-0.2, -0.15) is 0 Å². The van der Waals surface area contributed by atoms with Crippen LogP contribution in [0.1, 0.15) is 10.5 Å². The van der Waals surface area contributed by atoms with E-state index in [9.17, 15) is 4.79 Å². The molecule has 0 saturated heterocycles. The first-order chi connectivity index (χ1) is 6.18. The highest BCUT2D eigenvalue weighted by Gasteiger charge is 2.10. The van der Waals surface area contributed by atoms with Crippen LogP contribution in [0.15, 0.2) is 12.4 Å². The van der Waals surface area contributed by atoms with Crippen molar-refractivity contribution in [3.63, 3.8) is 0 Å². The van der Waals surface area contributed by atoms with Gasteiger partial charge in [-0.25, -0.2) is 9.78 Å². The molecular formula is C6H5N5O2. The van der Waals surface area contributed by atoms with E-state index in [-0.39, 0.29) is 11.5 Å². The second kappa shape index (κ2) is 2.41. The number of hydrogen-bond donors (Lipinski definition) is 2. The van der Waals surface area contributed by atoms with Crippen molar-refractivity contribution in [1.82, 2.24) is 19.8 Å². The van der Waals surface area contributed by atoms with Crippen molar-refractivity contribution in [3.05, 3.63) is 18.1 Å². The van der Waals surface area contributed by atoms with Crippen LogP contribution < -0.4 is 5.73 Å². The fraction of sp³-hybridized carbons (Fsp3) is 0. The van der Waals surface area contributed by atoms with Crippen LogP contribution in [-0.2, 0) is 0 Å². The second-order valence-corrected chi connectivity index (χ2v) is 2.35. The lowest BCUT2D eigenvalue weighted by molar-refractivity contribution is 0.0690. The molecule has 7 heteroatoms. The molecular weight excluding hydrogens is 174 g/mol. The summed E-state index contributed by atoms with van der Waals surface area (Å²) < 4.78 is 1.13. The molecule has 2 aromatic heterocycles. The maximum Gasteiger partial charge on any atom is 0.356 e. The van der Waals surface area contributed by atoms with E-state index in [0.717, 1.165) is 4.63 Å². The Morgan fingerprint density at radius 1 is 1.62 bits per heavy atom. The normalized spacial score (nSPS) is 10.5. The maximum atomic E-state index is 10.5. The largest absolute Gasteiger partial charge is 0.476 e. The van der Waals surface area contributed by atoms with Crippen LogP contribution in [0.2, 0.25) is 0 Å². The Kier molecular flexibility index (Phi) is 1.38. The highest BCUT2D eigenvalue weighted by Crippen LogP contribution is 2.09. The number of aromatic carboxylic acids is 1. The third kappa shape index (κ3) is 1.06. The molecule has 2 aromatic rings. The van der Waals surface area contributed by atoms with Crippen molar-refractivity contribution in [2.45, 2.75) is 0 Å². The van der Waals surface area contributed by atoms with Crippen molar-refractivity contribution in [1.29, 1.82) is 0 Å². The molecule has 0 aliphatic heterocycles. The summed E-state index contributed by atoms with van der Waals surface area (Å²) in [5.74, 6) is -0.917. The summed E-state index contributed by atoms with van der Waals surface area (Å²) in [4.78, 5) is 14.2. The molecule has 0 atom stereocenters. The number of aromatic nitrogens is 4. The molecule has 0 radical (unpaired) electrons. The van der Waals surface area contributed by atoms with Gasteiger partial charge in [-0.15, -0.1) is 14.8 Å². The molecule has 0 fully saturated rings. The molecule has 0 spiro atoms. The van der Waals surface area contributed by atoms with E-state index in [2.05, 4.69) is 15.2 Å². The van der Waals surface area contributed by atoms with Gasteiger partial charge in [0.15, 0.2) is 11.5 Å². The van der Waals surface area contributed by atoms with E-state index in [1.54, 1.807) is 0 Å². The highest BCUT2D eigenvalue weighted by molar-refractivity contribution is 5.88. The van der Waals surface area contributed by atoms with Crippen LogP contribution in [0.25, 0.3) is 5.52 Å². The Labute approximate surface area is 71.8 Å². The van der Waals surface area contributed by atoms with Gasteiger partial charge in [-0.05, 0) is 0 Å². The Morgan fingerprint density at radius 3 is 3.00 bits per heavy atom. The van der Waals surface area contributed by atoms with Gasteiger partial charge in [0.1, 0.15) is 11.8 Å². The Bertz CT molecular complexity index is 477. The topological polar surface area (TPSA) is 106 Å². The van der Waals surface area contributed by atoms with E-state index in [1.807, 2.05) is 0 Å². The molecule has 2 rings (SSSR count). The van der Waals surface area contributed by atoms with Gasteiger partial charge >= 0.3 is 5.97 Å². The van der Waals surface area contributed by atoms with Gasteiger partial charge in [0.05, 0.1) is 0 Å². The minimum absolute atomic E-state index is 0.104. The fourth-order valence-corrected chi connectivity index (χ4v) is 0.944. The first-order valence-electron chi connectivity index (χ1n) is 3.38. The number of fused-ring (bicyclic) bond motifs is 1. The number of nitrogens with two attached hydrogens (primary N) is 1. The molecule has 0 aliphatic rings. The van der Waals surface area contributed by atoms with E-state index < -0.39 is 5.97 Å². The number of carbonyl (C=O) groups is 1. The van der Waals surface area contributed by atoms with Crippen molar-refractivity contribution >= 4 is 17.3 Å². The zero-order valence-electron chi connectivity index (χ0n) is 6.38. The van der Waals surface area contributed by atoms with Crippen molar-refractivity contribution < 1.29 is 9.90 Å². The molecule has 0 bridgehead atoms. The number of nitrogens with zero attached hydrogens (tertiary/aromatic N) is 4. The number of carboxylic acids is 1. The van der Waals surface area contributed by atoms with E-state index in [0.29, 0.717) is 5.52 Å². The molecule has 0 aromatic carbocycles. The molecule has 13 heavy (non-hydrogen) atoms. The number of nitrogen functional groups attached to an aromatic ring is 1. The monoisotopic (exact) mass is 179 g/mol. The van der Waals surface area contributed by atoms with Gasteiger partial charge < -0.3 is 10.8 Å². The van der Waals surface area contributed by atoms with Gasteiger partial charge in [-0.3, -0.25) is 0 Å². The Balaban J connectivity index is 2.75. The first kappa shape index (κ1) is 7.47. The van der Waals surface area contributed by atoms with Gasteiger partial charge in [0.25, 0.3) is 0 Å². The minimum Gasteiger partial charge on any atom is -0.476 e. The molecule has 0 unspecified atom stereocenters. The van der Waals surface area contributed by atoms with Crippen LogP contribution in [0, 0.1) is 0 Å². The van der Waals surface area contributed by atoms with Gasteiger partial charge in [0, 0.05) is 6.07 Å². The molecule has 66 valence electrons. The van der Waals surface area contributed by atoms with Crippen molar-refractivity contribution in [2.75, 3.05) is 5.73 Å². The fourth-order valence-electron chi connectivity index (χ4n) is 0.944. The first-order valence-corrected chi connectivity index (χ1v) is 3.38. The quantitative estimate of drug-likeness (QED) is 0.605. The lowest BCUT2D eigenvalue weighted by atomic mass is 10.4. The zero-order valence-corrected chi connectivity index (χ0v) is 6.38.